The van der Waals surface area contributed by atoms with Gasteiger partial charge in [-0.15, -0.1) is 0 Å². The maximum Gasteiger partial charge on any atom is 0.230 e. The number of nitrogens with two attached hydrogens (primary N) is 1. The number of pyridine rings is 1. The average molecular weight is 305 g/mol. The standard InChI is InChI=1S/C15H16FN3OS/c1-10-6-11(2-4-13(10)16)7-18-14(20)9-21-15-5-3-12(17)8-19-15/h2-6,8H,7,9,17H2,1H3,(H,18,20). The van der Waals surface area contributed by atoms with E-state index < -0.39 is 0 Å². The van der Waals surface area contributed by atoms with Crippen LogP contribution in [0.15, 0.2) is 41.6 Å². The van der Waals surface area contributed by atoms with Gasteiger partial charge in [0, 0.05) is 6.54 Å². The van der Waals surface area contributed by atoms with E-state index >= 15 is 0 Å². The average Bonchev–Trinajstić information content (AvgIpc) is 2.48. The number of aromatic nitrogens is 1. The highest BCUT2D eigenvalue weighted by Crippen LogP contribution is 2.15. The van der Waals surface area contributed by atoms with Gasteiger partial charge in [-0.05, 0) is 36.2 Å². The van der Waals surface area contributed by atoms with Gasteiger partial charge in [0.05, 0.1) is 22.7 Å². The molecule has 0 unspecified atom stereocenters. The van der Waals surface area contributed by atoms with Crippen LogP contribution in [-0.2, 0) is 11.3 Å². The molecule has 1 aromatic heterocycles. The third kappa shape index (κ3) is 4.75. The highest BCUT2D eigenvalue weighted by Gasteiger charge is 2.05. The third-order valence-electron chi connectivity index (χ3n) is 2.82. The molecule has 2 rings (SSSR count). The minimum absolute atomic E-state index is 0.0967. The molecule has 21 heavy (non-hydrogen) atoms. The minimum Gasteiger partial charge on any atom is -0.397 e. The molecule has 0 fully saturated rings. The summed E-state index contributed by atoms with van der Waals surface area (Å²) in [7, 11) is 0. The maximum atomic E-state index is 13.1. The molecule has 1 heterocycles. The Bertz CT molecular complexity index is 631. The fourth-order valence-corrected chi connectivity index (χ4v) is 2.36. The molecule has 1 aromatic carbocycles. The quantitative estimate of drug-likeness (QED) is 0.833. The van der Waals surface area contributed by atoms with Gasteiger partial charge < -0.3 is 11.1 Å². The van der Waals surface area contributed by atoms with Crippen LogP contribution < -0.4 is 11.1 Å². The Hall–Kier alpha value is -2.08. The molecule has 4 nitrogen and oxygen atoms in total. The summed E-state index contributed by atoms with van der Waals surface area (Å²) < 4.78 is 13.1. The largest absolute Gasteiger partial charge is 0.397 e. The number of rotatable bonds is 5. The predicted octanol–water partition coefficient (Wildman–Crippen LogP) is 2.52. The first-order valence-electron chi connectivity index (χ1n) is 6.40. The molecule has 0 bridgehead atoms. The van der Waals surface area contributed by atoms with E-state index in [4.69, 9.17) is 5.73 Å². The number of halogens is 1. The van der Waals surface area contributed by atoms with E-state index in [0.717, 1.165) is 10.6 Å². The number of carbonyl (C=O) groups excluding carboxylic acids is 1. The molecule has 110 valence electrons. The number of nitrogen functional groups attached to an aromatic ring is 1. The minimum atomic E-state index is -0.241. The maximum absolute atomic E-state index is 13.1. The second kappa shape index (κ2) is 7.08. The molecule has 6 heteroatoms. The fraction of sp³-hybridized carbons (Fsp3) is 0.200. The number of benzene rings is 1. The van der Waals surface area contributed by atoms with Gasteiger partial charge in [-0.25, -0.2) is 9.37 Å². The molecule has 0 saturated heterocycles. The van der Waals surface area contributed by atoms with Crippen molar-refractivity contribution in [2.45, 2.75) is 18.5 Å². The predicted molar refractivity (Wildman–Crippen MR) is 82.4 cm³/mol. The first kappa shape index (κ1) is 15.3. The van der Waals surface area contributed by atoms with Crippen molar-refractivity contribution in [1.82, 2.24) is 10.3 Å². The van der Waals surface area contributed by atoms with Crippen molar-refractivity contribution < 1.29 is 9.18 Å². The molecule has 0 atom stereocenters. The number of amides is 1. The van der Waals surface area contributed by atoms with E-state index in [0.29, 0.717) is 17.8 Å². The lowest BCUT2D eigenvalue weighted by molar-refractivity contribution is -0.118. The number of nitrogens with one attached hydrogen (secondary N) is 1. The van der Waals surface area contributed by atoms with E-state index in [2.05, 4.69) is 10.3 Å². The highest BCUT2D eigenvalue weighted by atomic mass is 32.2. The molecule has 0 spiro atoms. The Morgan fingerprint density at radius 2 is 2.19 bits per heavy atom. The topological polar surface area (TPSA) is 68.0 Å². The van der Waals surface area contributed by atoms with Crippen LogP contribution in [0.2, 0.25) is 0 Å². The van der Waals surface area contributed by atoms with Crippen LogP contribution in [0, 0.1) is 12.7 Å². The molecule has 3 N–H and O–H groups in total. The number of nitrogens with zero attached hydrogens (tertiary/aromatic N) is 1. The van der Waals surface area contributed by atoms with Crippen LogP contribution in [0.5, 0.6) is 0 Å². The number of thioether (sulfide) groups is 1. The van der Waals surface area contributed by atoms with Crippen molar-refractivity contribution in [3.8, 4) is 0 Å². The van der Waals surface area contributed by atoms with Crippen molar-refractivity contribution in [3.63, 3.8) is 0 Å². The van der Waals surface area contributed by atoms with Gasteiger partial charge in [0.1, 0.15) is 5.82 Å². The van der Waals surface area contributed by atoms with Gasteiger partial charge in [0.15, 0.2) is 0 Å². The summed E-state index contributed by atoms with van der Waals surface area (Å²) in [4.78, 5) is 15.9. The summed E-state index contributed by atoms with van der Waals surface area (Å²) in [5.74, 6) is -0.0625. The van der Waals surface area contributed by atoms with E-state index in [-0.39, 0.29) is 17.5 Å². The molecule has 1 amide bonds. The summed E-state index contributed by atoms with van der Waals surface area (Å²) in [5, 5.41) is 3.54. The lowest BCUT2D eigenvalue weighted by Gasteiger charge is -2.06. The van der Waals surface area contributed by atoms with Crippen LogP contribution >= 0.6 is 11.8 Å². The summed E-state index contributed by atoms with van der Waals surface area (Å²) in [5.41, 5.74) is 7.58. The van der Waals surface area contributed by atoms with Gasteiger partial charge in [-0.3, -0.25) is 4.79 Å². The van der Waals surface area contributed by atoms with Crippen LogP contribution in [-0.4, -0.2) is 16.6 Å². The molecule has 0 radical (unpaired) electrons. The number of aryl methyl sites for hydroxylation is 1. The van der Waals surface area contributed by atoms with Gasteiger partial charge in [-0.1, -0.05) is 23.9 Å². The van der Waals surface area contributed by atoms with E-state index in [9.17, 15) is 9.18 Å². The Morgan fingerprint density at radius 3 is 2.86 bits per heavy atom. The van der Waals surface area contributed by atoms with Gasteiger partial charge in [0.2, 0.25) is 5.91 Å². The van der Waals surface area contributed by atoms with E-state index in [1.165, 1.54) is 17.8 Å². The molecule has 0 saturated carbocycles. The normalized spacial score (nSPS) is 10.4. The fourth-order valence-electron chi connectivity index (χ4n) is 1.69. The van der Waals surface area contributed by atoms with Crippen LogP contribution in [0.3, 0.4) is 0 Å². The first-order chi connectivity index (χ1) is 10.0. The molecular formula is C15H16FN3OS. The number of carbonyl (C=O) groups is 1. The Morgan fingerprint density at radius 1 is 1.38 bits per heavy atom. The van der Waals surface area contributed by atoms with Crippen LogP contribution in [0.25, 0.3) is 0 Å². The zero-order valence-corrected chi connectivity index (χ0v) is 12.4. The molecule has 0 aliphatic heterocycles. The van der Waals surface area contributed by atoms with Crippen molar-refractivity contribution >= 4 is 23.4 Å². The number of hydrogen-bond acceptors (Lipinski definition) is 4. The van der Waals surface area contributed by atoms with Crippen LogP contribution in [0.1, 0.15) is 11.1 Å². The highest BCUT2D eigenvalue weighted by molar-refractivity contribution is 7.99. The Balaban J connectivity index is 1.79. The van der Waals surface area contributed by atoms with Crippen molar-refractivity contribution in [3.05, 3.63) is 53.5 Å². The second-order valence-corrected chi connectivity index (χ2v) is 5.57. The molecule has 2 aromatic rings. The van der Waals surface area contributed by atoms with Crippen LogP contribution in [0.4, 0.5) is 10.1 Å². The summed E-state index contributed by atoms with van der Waals surface area (Å²) in [6, 6.07) is 8.32. The third-order valence-corrected chi connectivity index (χ3v) is 3.77. The summed E-state index contributed by atoms with van der Waals surface area (Å²) in [6.45, 7) is 2.08. The van der Waals surface area contributed by atoms with E-state index in [1.54, 1.807) is 37.4 Å². The summed E-state index contributed by atoms with van der Waals surface area (Å²) in [6.07, 6.45) is 1.56. The lowest BCUT2D eigenvalue weighted by atomic mass is 10.1. The molecule has 0 aliphatic carbocycles. The van der Waals surface area contributed by atoms with Gasteiger partial charge >= 0.3 is 0 Å². The smallest absolute Gasteiger partial charge is 0.230 e. The SMILES string of the molecule is Cc1cc(CNC(=O)CSc2ccc(N)cn2)ccc1F. The lowest BCUT2D eigenvalue weighted by Crippen LogP contribution is -2.24. The van der Waals surface area contributed by atoms with Gasteiger partial charge in [0.25, 0.3) is 0 Å². The van der Waals surface area contributed by atoms with E-state index in [1.807, 2.05) is 0 Å². The van der Waals surface area contributed by atoms with Crippen molar-refractivity contribution in [1.29, 1.82) is 0 Å². The Labute approximate surface area is 127 Å². The molecule has 0 aliphatic rings. The second-order valence-electron chi connectivity index (χ2n) is 4.58. The van der Waals surface area contributed by atoms with Gasteiger partial charge in [-0.2, -0.15) is 0 Å². The monoisotopic (exact) mass is 305 g/mol. The summed E-state index contributed by atoms with van der Waals surface area (Å²) >= 11 is 1.34. The van der Waals surface area contributed by atoms with Crippen molar-refractivity contribution in [2.75, 3.05) is 11.5 Å². The number of anilines is 1. The Kier molecular flexibility index (Phi) is 5.16. The van der Waals surface area contributed by atoms with Crippen molar-refractivity contribution in [2.24, 2.45) is 0 Å². The zero-order chi connectivity index (χ0) is 15.2. The first-order valence-corrected chi connectivity index (χ1v) is 7.39. The molecular weight excluding hydrogens is 289 g/mol. The zero-order valence-electron chi connectivity index (χ0n) is 11.6. The number of hydrogen-bond donors (Lipinski definition) is 2.